The Hall–Kier alpha value is -3.56. The summed E-state index contributed by atoms with van der Waals surface area (Å²) in [6.07, 6.45) is 0.166. The number of carbonyl (C=O) groups is 2. The van der Waals surface area contributed by atoms with Gasteiger partial charge in [0, 0.05) is 40.6 Å². The summed E-state index contributed by atoms with van der Waals surface area (Å²) in [7, 11) is -2.75. The van der Waals surface area contributed by atoms with Crippen LogP contribution in [0, 0.1) is 6.92 Å². The lowest BCUT2D eigenvalue weighted by Gasteiger charge is -2.34. The normalized spacial score (nSPS) is 11.9. The molecule has 4 rings (SSSR count). The highest BCUT2D eigenvalue weighted by molar-refractivity contribution is 7.92. The average Bonchev–Trinajstić information content (AvgIpc) is 2.99. The highest BCUT2D eigenvalue weighted by Gasteiger charge is 2.35. The van der Waals surface area contributed by atoms with Crippen LogP contribution >= 0.6 is 34.8 Å². The maximum atomic E-state index is 14.4. The number of sulfonamides is 1. The molecule has 0 spiro atoms. The molecule has 0 aromatic heterocycles. The molecule has 0 aliphatic carbocycles. The molecule has 0 bridgehead atoms. The molecule has 1 atom stereocenters. The van der Waals surface area contributed by atoms with Gasteiger partial charge in [0.2, 0.25) is 11.8 Å². The summed E-state index contributed by atoms with van der Waals surface area (Å²) in [5, 5.41) is 3.68. The molecule has 11 heteroatoms. The summed E-state index contributed by atoms with van der Waals surface area (Å²) >= 11 is 19.2. The Morgan fingerprint density at radius 2 is 1.44 bits per heavy atom. The van der Waals surface area contributed by atoms with Gasteiger partial charge >= 0.3 is 0 Å². The van der Waals surface area contributed by atoms with Crippen molar-refractivity contribution in [3.63, 3.8) is 0 Å². The second kappa shape index (κ2) is 14.3. The fourth-order valence-corrected chi connectivity index (χ4v) is 6.95. The van der Waals surface area contributed by atoms with E-state index in [-0.39, 0.29) is 23.5 Å². The molecule has 0 heterocycles. The zero-order chi connectivity index (χ0) is 31.1. The number of rotatable bonds is 11. The van der Waals surface area contributed by atoms with Gasteiger partial charge in [0.1, 0.15) is 12.6 Å². The fraction of sp³-hybridized carbons (Fsp3) is 0.188. The molecule has 0 saturated heterocycles. The first kappa shape index (κ1) is 32.4. The number of hydrogen-bond donors (Lipinski definition) is 1. The predicted octanol–water partition coefficient (Wildman–Crippen LogP) is 6.54. The number of benzene rings is 4. The first-order valence-corrected chi connectivity index (χ1v) is 15.9. The monoisotopic (exact) mass is 657 g/mol. The number of amides is 2. The van der Waals surface area contributed by atoms with Crippen LogP contribution in [-0.4, -0.2) is 44.8 Å². The van der Waals surface area contributed by atoms with Gasteiger partial charge in [-0.25, -0.2) is 8.42 Å². The van der Waals surface area contributed by atoms with E-state index in [9.17, 15) is 18.0 Å². The van der Waals surface area contributed by atoms with Gasteiger partial charge in [0.25, 0.3) is 10.0 Å². The number of nitrogens with zero attached hydrogens (tertiary/aromatic N) is 2. The Morgan fingerprint density at radius 1 is 0.837 bits per heavy atom. The van der Waals surface area contributed by atoms with Crippen molar-refractivity contribution >= 4 is 62.3 Å². The van der Waals surface area contributed by atoms with Gasteiger partial charge in [-0.15, -0.1) is 0 Å². The van der Waals surface area contributed by atoms with Crippen molar-refractivity contribution in [1.29, 1.82) is 0 Å². The van der Waals surface area contributed by atoms with Crippen molar-refractivity contribution in [2.45, 2.75) is 30.8 Å². The molecule has 224 valence electrons. The summed E-state index contributed by atoms with van der Waals surface area (Å²) in [6.45, 7) is 0.967. The maximum absolute atomic E-state index is 14.4. The molecule has 4 aromatic carbocycles. The number of carbonyl (C=O) groups excluding carboxylic acids is 2. The standard InChI is InChI=1S/C32H30Cl3N3O4S/c1-22-18-24(33)16-17-29(22)38(43(41,42)25-12-7-4-8-13-25)21-31(39)37(20-26-27(34)14-9-15-28(26)35)30(32(40)36-2)19-23-10-5-3-6-11-23/h3-18,30H,19-21H2,1-2H3,(H,36,40). The van der Waals surface area contributed by atoms with Gasteiger partial charge in [-0.1, -0.05) is 89.4 Å². The lowest BCUT2D eigenvalue weighted by molar-refractivity contribution is -0.139. The van der Waals surface area contributed by atoms with E-state index in [4.69, 9.17) is 34.8 Å². The lowest BCUT2D eigenvalue weighted by Crippen LogP contribution is -2.53. The third kappa shape index (κ3) is 7.70. The fourth-order valence-electron chi connectivity index (χ4n) is 4.71. The van der Waals surface area contributed by atoms with Crippen molar-refractivity contribution in [2.75, 3.05) is 17.9 Å². The second-order valence-electron chi connectivity index (χ2n) is 9.80. The summed E-state index contributed by atoms with van der Waals surface area (Å²) in [5.74, 6) is -1.06. The SMILES string of the molecule is CNC(=O)C(Cc1ccccc1)N(Cc1c(Cl)cccc1Cl)C(=O)CN(c1ccc(Cl)cc1C)S(=O)(=O)c1ccccc1. The van der Waals surface area contributed by atoms with Crippen LogP contribution in [-0.2, 0) is 32.6 Å². The van der Waals surface area contributed by atoms with Crippen molar-refractivity contribution in [1.82, 2.24) is 10.2 Å². The number of aryl methyl sites for hydroxylation is 1. The number of hydrogen-bond acceptors (Lipinski definition) is 4. The molecular weight excluding hydrogens is 629 g/mol. The summed E-state index contributed by atoms with van der Waals surface area (Å²) in [5.41, 5.74) is 2.06. The Balaban J connectivity index is 1.84. The lowest BCUT2D eigenvalue weighted by atomic mass is 10.0. The number of likely N-dealkylation sites (N-methyl/N-ethyl adjacent to an activating group) is 1. The topological polar surface area (TPSA) is 86.8 Å². The van der Waals surface area contributed by atoms with E-state index >= 15 is 0 Å². The van der Waals surface area contributed by atoms with Crippen molar-refractivity contribution in [3.8, 4) is 0 Å². The molecular formula is C32H30Cl3N3O4S. The summed E-state index contributed by atoms with van der Waals surface area (Å²) in [6, 6.07) is 25.8. The van der Waals surface area contributed by atoms with Gasteiger partial charge in [-0.2, -0.15) is 0 Å². The quantitative estimate of drug-likeness (QED) is 0.198. The third-order valence-electron chi connectivity index (χ3n) is 6.95. The summed E-state index contributed by atoms with van der Waals surface area (Å²) < 4.78 is 29.1. The first-order valence-electron chi connectivity index (χ1n) is 13.3. The molecule has 0 aliphatic heterocycles. The van der Waals surface area contributed by atoms with Crippen molar-refractivity contribution < 1.29 is 18.0 Å². The maximum Gasteiger partial charge on any atom is 0.264 e. The van der Waals surface area contributed by atoms with Gasteiger partial charge in [-0.3, -0.25) is 13.9 Å². The number of halogens is 3. The van der Waals surface area contributed by atoms with Crippen molar-refractivity contribution in [3.05, 3.63) is 129 Å². The van der Waals surface area contributed by atoms with Crippen LogP contribution in [0.3, 0.4) is 0 Å². The second-order valence-corrected chi connectivity index (χ2v) is 12.9. The van der Waals surface area contributed by atoms with Crippen LogP contribution in [0.4, 0.5) is 5.69 Å². The zero-order valence-corrected chi connectivity index (χ0v) is 26.6. The van der Waals surface area contributed by atoms with E-state index in [0.29, 0.717) is 26.2 Å². The van der Waals surface area contributed by atoms with E-state index in [0.717, 1.165) is 9.87 Å². The van der Waals surface area contributed by atoms with Crippen LogP contribution in [0.1, 0.15) is 16.7 Å². The van der Waals surface area contributed by atoms with Crippen LogP contribution < -0.4 is 9.62 Å². The van der Waals surface area contributed by atoms with Crippen molar-refractivity contribution in [2.24, 2.45) is 0 Å². The predicted molar refractivity (Wildman–Crippen MR) is 172 cm³/mol. The molecule has 1 N–H and O–H groups in total. The van der Waals surface area contributed by atoms with Crippen LogP contribution in [0.25, 0.3) is 0 Å². The largest absolute Gasteiger partial charge is 0.357 e. The molecule has 0 radical (unpaired) electrons. The van der Waals surface area contributed by atoms with Crippen LogP contribution in [0.15, 0.2) is 102 Å². The Labute approximate surface area is 267 Å². The molecule has 7 nitrogen and oxygen atoms in total. The van der Waals surface area contributed by atoms with E-state index < -0.39 is 34.4 Å². The minimum atomic E-state index is -4.23. The minimum Gasteiger partial charge on any atom is -0.357 e. The van der Waals surface area contributed by atoms with Crippen LogP contribution in [0.2, 0.25) is 15.1 Å². The molecule has 0 aliphatic rings. The third-order valence-corrected chi connectivity index (χ3v) is 9.66. The first-order chi connectivity index (χ1) is 20.5. The molecule has 4 aromatic rings. The average molecular weight is 659 g/mol. The van der Waals surface area contributed by atoms with E-state index in [1.807, 2.05) is 30.3 Å². The van der Waals surface area contributed by atoms with Crippen LogP contribution in [0.5, 0.6) is 0 Å². The van der Waals surface area contributed by atoms with Gasteiger partial charge in [0.05, 0.1) is 10.6 Å². The number of anilines is 1. The molecule has 0 saturated carbocycles. The Bertz CT molecular complexity index is 1680. The Kier molecular flexibility index (Phi) is 10.7. The highest BCUT2D eigenvalue weighted by atomic mass is 35.5. The number of nitrogens with one attached hydrogen (secondary N) is 1. The summed E-state index contributed by atoms with van der Waals surface area (Å²) in [4.78, 5) is 29.1. The highest BCUT2D eigenvalue weighted by Crippen LogP contribution is 2.31. The zero-order valence-electron chi connectivity index (χ0n) is 23.5. The molecule has 1 unspecified atom stereocenters. The molecule has 0 fully saturated rings. The van der Waals surface area contributed by atoms with E-state index in [2.05, 4.69) is 5.32 Å². The van der Waals surface area contributed by atoms with E-state index in [1.54, 1.807) is 61.5 Å². The Morgan fingerprint density at radius 3 is 2.02 bits per heavy atom. The molecule has 2 amide bonds. The smallest absolute Gasteiger partial charge is 0.264 e. The van der Waals surface area contributed by atoms with E-state index in [1.165, 1.54) is 24.1 Å². The molecule has 43 heavy (non-hydrogen) atoms. The van der Waals surface area contributed by atoms with Gasteiger partial charge < -0.3 is 10.2 Å². The van der Waals surface area contributed by atoms with Gasteiger partial charge in [-0.05, 0) is 60.5 Å². The minimum absolute atomic E-state index is 0.00462. The van der Waals surface area contributed by atoms with Gasteiger partial charge in [0.15, 0.2) is 0 Å².